The van der Waals surface area contributed by atoms with Crippen molar-refractivity contribution in [1.29, 1.82) is 0 Å². The van der Waals surface area contributed by atoms with Crippen LogP contribution >= 0.6 is 0 Å². The predicted molar refractivity (Wildman–Crippen MR) is 69.3 cm³/mol. The predicted octanol–water partition coefficient (Wildman–Crippen LogP) is 3.37. The number of halogens is 3. The topological polar surface area (TPSA) is 48.3 Å². The molecule has 1 aromatic heterocycles. The lowest BCUT2D eigenvalue weighted by atomic mass is 10.1. The molecule has 19 heavy (non-hydrogen) atoms. The van der Waals surface area contributed by atoms with Crippen LogP contribution in [0.4, 0.5) is 13.2 Å². The molecule has 0 N–H and O–H groups in total. The van der Waals surface area contributed by atoms with Crippen molar-refractivity contribution in [2.75, 3.05) is 0 Å². The van der Waals surface area contributed by atoms with E-state index in [4.69, 9.17) is 0 Å². The highest BCUT2D eigenvalue weighted by molar-refractivity contribution is 7.91. The molecule has 0 aliphatic rings. The lowest BCUT2D eigenvalue weighted by Crippen LogP contribution is -2.26. The molecule has 0 radical (unpaired) electrons. The average molecular weight is 292 g/mol. The SMILES string of the molecule is C/C(=N/[S+]([O-])C(C)(C)C)c1ccnc(C(F)(F)F)c1. The van der Waals surface area contributed by atoms with Gasteiger partial charge in [-0.3, -0.25) is 4.98 Å². The average Bonchev–Trinajstić information content (AvgIpc) is 2.26. The highest BCUT2D eigenvalue weighted by atomic mass is 32.2. The van der Waals surface area contributed by atoms with Gasteiger partial charge in [-0.05, 0) is 39.8 Å². The Hall–Kier alpha value is -1.08. The van der Waals surface area contributed by atoms with Crippen LogP contribution in [0.5, 0.6) is 0 Å². The van der Waals surface area contributed by atoms with E-state index in [0.717, 1.165) is 12.3 Å². The van der Waals surface area contributed by atoms with Crippen LogP contribution < -0.4 is 0 Å². The van der Waals surface area contributed by atoms with Crippen LogP contribution in [0.1, 0.15) is 39.0 Å². The van der Waals surface area contributed by atoms with Crippen LogP contribution in [0.3, 0.4) is 0 Å². The molecule has 1 aromatic rings. The largest absolute Gasteiger partial charge is 0.591 e. The highest BCUT2D eigenvalue weighted by Gasteiger charge is 2.33. The Morgan fingerprint density at radius 2 is 1.89 bits per heavy atom. The second kappa shape index (κ2) is 5.50. The zero-order valence-electron chi connectivity index (χ0n) is 11.1. The van der Waals surface area contributed by atoms with Crippen molar-refractivity contribution >= 4 is 17.1 Å². The van der Waals surface area contributed by atoms with E-state index in [1.165, 1.54) is 13.0 Å². The second-order valence-corrected chi connectivity index (χ2v) is 6.87. The van der Waals surface area contributed by atoms with E-state index in [1.807, 2.05) is 0 Å². The number of hydrogen-bond acceptors (Lipinski definition) is 3. The molecule has 1 unspecified atom stereocenters. The summed E-state index contributed by atoms with van der Waals surface area (Å²) in [5, 5.41) is 0. The zero-order valence-corrected chi connectivity index (χ0v) is 11.9. The third-order valence-electron chi connectivity index (χ3n) is 2.21. The Labute approximate surface area is 113 Å². The first kappa shape index (κ1) is 16.0. The van der Waals surface area contributed by atoms with Crippen molar-refractivity contribution in [3.05, 3.63) is 29.6 Å². The summed E-state index contributed by atoms with van der Waals surface area (Å²) >= 11 is -1.51. The number of hydrogen-bond donors (Lipinski definition) is 0. The van der Waals surface area contributed by atoms with Crippen molar-refractivity contribution in [2.45, 2.75) is 38.6 Å². The smallest absolute Gasteiger partial charge is 0.433 e. The minimum atomic E-state index is -4.50. The summed E-state index contributed by atoms with van der Waals surface area (Å²) in [5.41, 5.74) is -0.429. The van der Waals surface area contributed by atoms with Crippen molar-refractivity contribution in [2.24, 2.45) is 4.40 Å². The van der Waals surface area contributed by atoms with E-state index in [0.29, 0.717) is 5.71 Å². The first-order valence-corrected chi connectivity index (χ1v) is 6.63. The molecule has 3 nitrogen and oxygen atoms in total. The van der Waals surface area contributed by atoms with Gasteiger partial charge >= 0.3 is 6.18 Å². The standard InChI is InChI=1S/C12H15F3N2OS/c1-8(17-19(18)11(2,3)4)9-5-6-16-10(7-9)12(13,14)15/h5-7H,1-4H3/b17-8-. The maximum Gasteiger partial charge on any atom is 0.433 e. The zero-order chi connectivity index (χ0) is 14.8. The maximum atomic E-state index is 12.5. The van der Waals surface area contributed by atoms with Crippen molar-refractivity contribution in [3.63, 3.8) is 0 Å². The molecule has 0 aliphatic heterocycles. The molecule has 1 rings (SSSR count). The monoisotopic (exact) mass is 292 g/mol. The van der Waals surface area contributed by atoms with E-state index in [-0.39, 0.29) is 5.56 Å². The number of alkyl halides is 3. The second-order valence-electron chi connectivity index (χ2n) is 4.97. The van der Waals surface area contributed by atoms with Crippen LogP contribution in [0, 0.1) is 0 Å². The molecule has 0 saturated heterocycles. The summed E-state index contributed by atoms with van der Waals surface area (Å²) in [7, 11) is 0. The molecular formula is C12H15F3N2OS. The van der Waals surface area contributed by atoms with Gasteiger partial charge in [-0.25, -0.2) is 0 Å². The van der Waals surface area contributed by atoms with E-state index < -0.39 is 28.0 Å². The van der Waals surface area contributed by atoms with Gasteiger partial charge in [-0.1, -0.05) is 4.40 Å². The minimum Gasteiger partial charge on any atom is -0.591 e. The summed E-state index contributed by atoms with van der Waals surface area (Å²) in [4.78, 5) is 3.27. The van der Waals surface area contributed by atoms with E-state index in [9.17, 15) is 17.7 Å². The van der Waals surface area contributed by atoms with Gasteiger partial charge < -0.3 is 4.55 Å². The van der Waals surface area contributed by atoms with Crippen molar-refractivity contribution < 1.29 is 17.7 Å². The fourth-order valence-electron chi connectivity index (χ4n) is 1.12. The van der Waals surface area contributed by atoms with E-state index in [1.54, 1.807) is 20.8 Å². The summed E-state index contributed by atoms with van der Waals surface area (Å²) in [6.45, 7) is 6.76. The molecule has 0 spiro atoms. The molecule has 7 heteroatoms. The van der Waals surface area contributed by atoms with Gasteiger partial charge in [-0.2, -0.15) is 13.2 Å². The van der Waals surface area contributed by atoms with Crippen molar-refractivity contribution in [1.82, 2.24) is 4.98 Å². The summed E-state index contributed by atoms with van der Waals surface area (Å²) in [6, 6.07) is 2.31. The van der Waals surface area contributed by atoms with Crippen molar-refractivity contribution in [3.8, 4) is 0 Å². The molecule has 0 saturated carbocycles. The van der Waals surface area contributed by atoms with Crippen LogP contribution in [0.2, 0.25) is 0 Å². The summed E-state index contributed by atoms with van der Waals surface area (Å²) < 4.78 is 52.8. The third kappa shape index (κ3) is 4.50. The highest BCUT2D eigenvalue weighted by Crippen LogP contribution is 2.28. The van der Waals surface area contributed by atoms with E-state index in [2.05, 4.69) is 9.38 Å². The molecule has 1 atom stereocenters. The van der Waals surface area contributed by atoms with Gasteiger partial charge in [0.05, 0.1) is 5.71 Å². The fourth-order valence-corrected chi connectivity index (χ4v) is 1.75. The van der Waals surface area contributed by atoms with Gasteiger partial charge in [0.15, 0.2) is 0 Å². The third-order valence-corrected chi connectivity index (χ3v) is 3.70. The van der Waals surface area contributed by atoms with Gasteiger partial charge in [0.1, 0.15) is 21.8 Å². The molecule has 0 bridgehead atoms. The number of aromatic nitrogens is 1. The Balaban J connectivity index is 3.07. The van der Waals surface area contributed by atoms with Crippen LogP contribution in [0.15, 0.2) is 22.7 Å². The Bertz CT molecular complexity index is 481. The van der Waals surface area contributed by atoms with Crippen LogP contribution in [-0.2, 0) is 17.5 Å². The first-order valence-electron chi connectivity index (χ1n) is 5.53. The lowest BCUT2D eigenvalue weighted by Gasteiger charge is -2.18. The quantitative estimate of drug-likeness (QED) is 0.620. The Morgan fingerprint density at radius 3 is 2.37 bits per heavy atom. The molecule has 0 aromatic carbocycles. The molecule has 106 valence electrons. The molecular weight excluding hydrogens is 277 g/mol. The molecule has 0 fully saturated rings. The maximum absolute atomic E-state index is 12.5. The fraction of sp³-hybridized carbons (Fsp3) is 0.500. The first-order chi connectivity index (χ1) is 8.51. The minimum absolute atomic E-state index is 0.264. The molecule has 1 heterocycles. The van der Waals surface area contributed by atoms with E-state index >= 15 is 0 Å². The summed E-state index contributed by atoms with van der Waals surface area (Å²) in [5.74, 6) is 0. The molecule has 0 amide bonds. The van der Waals surface area contributed by atoms with Gasteiger partial charge in [0.25, 0.3) is 0 Å². The van der Waals surface area contributed by atoms with Gasteiger partial charge in [-0.15, -0.1) is 0 Å². The van der Waals surface area contributed by atoms with Crippen LogP contribution in [-0.4, -0.2) is 20.0 Å². The van der Waals surface area contributed by atoms with Gasteiger partial charge in [0.2, 0.25) is 0 Å². The normalized spacial score (nSPS) is 15.5. The molecule has 0 aliphatic carbocycles. The number of rotatable bonds is 2. The summed E-state index contributed by atoms with van der Waals surface area (Å²) in [6.07, 6.45) is -3.43. The van der Waals surface area contributed by atoms with Gasteiger partial charge in [0, 0.05) is 11.8 Å². The Morgan fingerprint density at radius 1 is 1.32 bits per heavy atom. The number of nitrogens with zero attached hydrogens (tertiary/aromatic N) is 2. The Kier molecular flexibility index (Phi) is 4.63. The lowest BCUT2D eigenvalue weighted by molar-refractivity contribution is -0.141. The number of pyridine rings is 1. The van der Waals surface area contributed by atoms with Crippen LogP contribution in [0.25, 0.3) is 0 Å².